The van der Waals surface area contributed by atoms with Gasteiger partial charge in [0.25, 0.3) is 5.91 Å². The van der Waals surface area contributed by atoms with Crippen molar-refractivity contribution >= 4 is 23.2 Å². The van der Waals surface area contributed by atoms with Crippen molar-refractivity contribution in [2.24, 2.45) is 0 Å². The Balaban J connectivity index is 2.13. The maximum atomic E-state index is 12.1. The predicted octanol–water partition coefficient (Wildman–Crippen LogP) is 2.71. The van der Waals surface area contributed by atoms with Crippen LogP contribution in [0.1, 0.15) is 29.4 Å². The monoisotopic (exact) mass is 304 g/mol. The van der Waals surface area contributed by atoms with Gasteiger partial charge in [-0.2, -0.15) is 0 Å². The van der Waals surface area contributed by atoms with Crippen LogP contribution in [0.3, 0.4) is 0 Å². The number of aromatic nitrogens is 1. The van der Waals surface area contributed by atoms with E-state index in [0.29, 0.717) is 5.56 Å². The number of carbonyl (C=O) groups excluding carboxylic acids is 1. The smallest absolute Gasteiger partial charge is 0.305 e. The van der Waals surface area contributed by atoms with E-state index < -0.39 is 12.0 Å². The largest absolute Gasteiger partial charge is 0.481 e. The third-order valence-corrected chi connectivity index (χ3v) is 3.86. The average Bonchev–Trinajstić information content (AvgIpc) is 2.84. The lowest BCUT2D eigenvalue weighted by Crippen LogP contribution is -2.34. The number of hydrogen-bond acceptors (Lipinski definition) is 4. The molecule has 0 bridgehead atoms. The van der Waals surface area contributed by atoms with Crippen molar-refractivity contribution in [1.82, 2.24) is 10.3 Å². The van der Waals surface area contributed by atoms with Crippen LogP contribution in [-0.2, 0) is 4.79 Å². The molecule has 0 aliphatic carbocycles. The molecule has 1 atom stereocenters. The first-order valence-electron chi connectivity index (χ1n) is 6.51. The second-order valence-corrected chi connectivity index (χ2v) is 5.71. The van der Waals surface area contributed by atoms with Crippen LogP contribution in [0.4, 0.5) is 0 Å². The molecule has 1 aromatic heterocycles. The number of nitrogens with one attached hydrogen (secondary N) is 1. The second-order valence-electron chi connectivity index (χ2n) is 4.85. The average molecular weight is 304 g/mol. The first kappa shape index (κ1) is 15.2. The lowest BCUT2D eigenvalue weighted by Gasteiger charge is -2.11. The Hall–Kier alpha value is -2.21. The number of thiazole rings is 1. The van der Waals surface area contributed by atoms with Crippen LogP contribution in [0.15, 0.2) is 29.6 Å². The summed E-state index contributed by atoms with van der Waals surface area (Å²) >= 11 is 1.52. The zero-order valence-electron chi connectivity index (χ0n) is 11.8. The van der Waals surface area contributed by atoms with Gasteiger partial charge in [0.05, 0.1) is 6.42 Å². The number of carboxylic acids is 1. The molecule has 6 heteroatoms. The van der Waals surface area contributed by atoms with Gasteiger partial charge in [-0.15, -0.1) is 11.3 Å². The van der Waals surface area contributed by atoms with Crippen LogP contribution >= 0.6 is 11.3 Å². The molecule has 0 aliphatic rings. The molecule has 110 valence electrons. The van der Waals surface area contributed by atoms with Crippen molar-refractivity contribution in [2.75, 3.05) is 0 Å². The van der Waals surface area contributed by atoms with E-state index in [9.17, 15) is 9.59 Å². The predicted molar refractivity (Wildman–Crippen MR) is 81.5 cm³/mol. The van der Waals surface area contributed by atoms with Crippen molar-refractivity contribution in [2.45, 2.75) is 26.3 Å². The second kappa shape index (κ2) is 6.49. The van der Waals surface area contributed by atoms with E-state index in [2.05, 4.69) is 10.3 Å². The van der Waals surface area contributed by atoms with Crippen LogP contribution in [-0.4, -0.2) is 28.0 Å². The number of aliphatic carboxylic acids is 1. The van der Waals surface area contributed by atoms with E-state index in [1.807, 2.05) is 18.4 Å². The van der Waals surface area contributed by atoms with Crippen molar-refractivity contribution in [1.29, 1.82) is 0 Å². The molecule has 0 radical (unpaired) electrons. The van der Waals surface area contributed by atoms with Crippen LogP contribution in [0, 0.1) is 6.92 Å². The normalized spacial score (nSPS) is 11.9. The van der Waals surface area contributed by atoms with E-state index in [-0.39, 0.29) is 12.3 Å². The highest BCUT2D eigenvalue weighted by molar-refractivity contribution is 7.13. The summed E-state index contributed by atoms with van der Waals surface area (Å²) in [6.07, 6.45) is -0.100. The highest BCUT2D eigenvalue weighted by atomic mass is 32.1. The number of nitrogens with zero attached hydrogens (tertiary/aromatic N) is 1. The minimum Gasteiger partial charge on any atom is -0.481 e. The van der Waals surface area contributed by atoms with Crippen LogP contribution < -0.4 is 5.32 Å². The summed E-state index contributed by atoms with van der Waals surface area (Å²) in [5, 5.41) is 14.2. The van der Waals surface area contributed by atoms with Crippen molar-refractivity contribution in [3.05, 3.63) is 40.9 Å². The molecule has 1 aromatic carbocycles. The first-order chi connectivity index (χ1) is 9.95. The summed E-state index contributed by atoms with van der Waals surface area (Å²) in [7, 11) is 0. The van der Waals surface area contributed by atoms with Crippen LogP contribution in [0.25, 0.3) is 10.6 Å². The summed E-state index contributed by atoms with van der Waals surface area (Å²) < 4.78 is 0. The molecule has 21 heavy (non-hydrogen) atoms. The molecule has 2 N–H and O–H groups in total. The van der Waals surface area contributed by atoms with E-state index >= 15 is 0 Å². The molecule has 0 saturated heterocycles. The zero-order valence-corrected chi connectivity index (χ0v) is 12.6. The third-order valence-electron chi connectivity index (χ3n) is 2.85. The Bertz CT molecular complexity index is 666. The number of rotatable bonds is 5. The summed E-state index contributed by atoms with van der Waals surface area (Å²) in [5.41, 5.74) is 2.32. The summed E-state index contributed by atoms with van der Waals surface area (Å²) in [4.78, 5) is 27.1. The number of amides is 1. The molecule has 0 aliphatic heterocycles. The minimum absolute atomic E-state index is 0.100. The SMILES string of the molecule is Cc1csc(-c2cccc(C(=O)N[C@@H](C)CC(=O)O)c2)n1. The number of aryl methyl sites for hydroxylation is 1. The highest BCUT2D eigenvalue weighted by Crippen LogP contribution is 2.24. The quantitative estimate of drug-likeness (QED) is 0.890. The lowest BCUT2D eigenvalue weighted by atomic mass is 10.1. The molecule has 1 amide bonds. The summed E-state index contributed by atoms with van der Waals surface area (Å²) in [6, 6.07) is 6.74. The molecule has 0 spiro atoms. The van der Waals surface area contributed by atoms with E-state index in [0.717, 1.165) is 16.3 Å². The van der Waals surface area contributed by atoms with Gasteiger partial charge >= 0.3 is 5.97 Å². The minimum atomic E-state index is -0.935. The molecule has 0 saturated carbocycles. The number of benzene rings is 1. The Morgan fingerprint density at radius 2 is 2.19 bits per heavy atom. The fraction of sp³-hybridized carbons (Fsp3) is 0.267. The van der Waals surface area contributed by atoms with E-state index in [4.69, 9.17) is 5.11 Å². The zero-order chi connectivity index (χ0) is 15.4. The maximum absolute atomic E-state index is 12.1. The third kappa shape index (κ3) is 4.13. The number of carbonyl (C=O) groups is 2. The van der Waals surface area contributed by atoms with Crippen molar-refractivity contribution in [3.8, 4) is 10.6 Å². The number of carboxylic acid groups (broad SMARTS) is 1. The topological polar surface area (TPSA) is 79.3 Å². The Morgan fingerprint density at radius 3 is 2.81 bits per heavy atom. The van der Waals surface area contributed by atoms with Gasteiger partial charge in [-0.05, 0) is 26.0 Å². The van der Waals surface area contributed by atoms with E-state index in [1.54, 1.807) is 25.1 Å². The van der Waals surface area contributed by atoms with Crippen molar-refractivity contribution in [3.63, 3.8) is 0 Å². The van der Waals surface area contributed by atoms with Gasteiger partial charge in [0.15, 0.2) is 0 Å². The van der Waals surface area contributed by atoms with Gasteiger partial charge in [0.1, 0.15) is 5.01 Å². The standard InChI is InChI=1S/C15H16N2O3S/c1-9(6-13(18)19)16-14(20)11-4-3-5-12(7-11)15-17-10(2)8-21-15/h3-5,7-9H,6H2,1-2H3,(H,16,20)(H,18,19)/t9-/m0/s1. The molecular weight excluding hydrogens is 288 g/mol. The van der Waals surface area contributed by atoms with Gasteiger partial charge in [-0.25, -0.2) is 4.98 Å². The maximum Gasteiger partial charge on any atom is 0.305 e. The fourth-order valence-electron chi connectivity index (χ4n) is 1.90. The Kier molecular flexibility index (Phi) is 4.70. The lowest BCUT2D eigenvalue weighted by molar-refractivity contribution is -0.137. The van der Waals surface area contributed by atoms with Crippen LogP contribution in [0.5, 0.6) is 0 Å². The molecule has 2 aromatic rings. The van der Waals surface area contributed by atoms with Gasteiger partial charge in [-0.3, -0.25) is 9.59 Å². The summed E-state index contributed by atoms with van der Waals surface area (Å²) in [5.74, 6) is -1.21. The summed E-state index contributed by atoms with van der Waals surface area (Å²) in [6.45, 7) is 3.59. The van der Waals surface area contributed by atoms with Gasteiger partial charge in [0.2, 0.25) is 0 Å². The van der Waals surface area contributed by atoms with Crippen molar-refractivity contribution < 1.29 is 14.7 Å². The van der Waals surface area contributed by atoms with E-state index in [1.165, 1.54) is 11.3 Å². The van der Waals surface area contributed by atoms with Crippen LogP contribution in [0.2, 0.25) is 0 Å². The molecule has 2 rings (SSSR count). The molecule has 1 heterocycles. The molecular formula is C15H16N2O3S. The molecule has 0 fully saturated rings. The molecule has 5 nitrogen and oxygen atoms in total. The Labute approximate surface area is 126 Å². The van der Waals surface area contributed by atoms with Gasteiger partial charge in [0, 0.05) is 28.2 Å². The Morgan fingerprint density at radius 1 is 1.43 bits per heavy atom. The van der Waals surface area contributed by atoms with Gasteiger partial charge in [-0.1, -0.05) is 12.1 Å². The van der Waals surface area contributed by atoms with Gasteiger partial charge < -0.3 is 10.4 Å². The number of hydrogen-bond donors (Lipinski definition) is 2. The fourth-order valence-corrected chi connectivity index (χ4v) is 2.69. The first-order valence-corrected chi connectivity index (χ1v) is 7.39. The molecule has 0 unspecified atom stereocenters. The highest BCUT2D eigenvalue weighted by Gasteiger charge is 2.13.